The molecule has 1 aliphatic rings. The predicted molar refractivity (Wildman–Crippen MR) is 41.9 cm³/mol. The van der Waals surface area contributed by atoms with Gasteiger partial charge in [0.2, 0.25) is 0 Å². The van der Waals surface area contributed by atoms with Gasteiger partial charge in [0, 0.05) is 12.6 Å². The second kappa shape index (κ2) is 2.10. The third-order valence-electron chi connectivity index (χ3n) is 1.89. The van der Waals surface area contributed by atoms with Gasteiger partial charge in [-0.05, 0) is 12.5 Å². The minimum atomic E-state index is 0.653. The Labute approximate surface area is 61.1 Å². The zero-order valence-corrected chi connectivity index (χ0v) is 6.09. The fourth-order valence-corrected chi connectivity index (χ4v) is 1.09. The molecule has 1 aromatic rings. The molecule has 0 saturated carbocycles. The van der Waals surface area contributed by atoms with E-state index in [0.717, 1.165) is 6.54 Å². The molecule has 1 nitrogen and oxygen atoms in total. The molecule has 1 N–H and O–H groups in total. The number of hydrogen-bond acceptors (Lipinski definition) is 1. The molecule has 0 aromatic heterocycles. The lowest BCUT2D eigenvalue weighted by molar-refractivity contribution is 1.08. The van der Waals surface area contributed by atoms with Gasteiger partial charge in [0.25, 0.3) is 0 Å². The minimum absolute atomic E-state index is 0.653. The van der Waals surface area contributed by atoms with Gasteiger partial charge >= 0.3 is 0 Å². The maximum atomic E-state index is 3.27. The quantitative estimate of drug-likeness (QED) is 0.578. The van der Waals surface area contributed by atoms with E-state index in [1.54, 1.807) is 0 Å². The monoisotopic (exact) mass is 133 g/mol. The van der Waals surface area contributed by atoms with Gasteiger partial charge in [-0.25, -0.2) is 0 Å². The van der Waals surface area contributed by atoms with Crippen molar-refractivity contribution in [2.24, 2.45) is 0 Å². The average Bonchev–Trinajstić information content (AvgIpc) is 2.71. The van der Waals surface area contributed by atoms with Crippen LogP contribution in [0.2, 0.25) is 0 Å². The Bertz CT molecular complexity index is 221. The van der Waals surface area contributed by atoms with Crippen molar-refractivity contribution in [3.8, 4) is 0 Å². The third-order valence-corrected chi connectivity index (χ3v) is 1.89. The first-order valence-corrected chi connectivity index (χ1v) is 3.66. The molecule has 1 heterocycles. The summed E-state index contributed by atoms with van der Waals surface area (Å²) in [6.45, 7) is 3.27. The fraction of sp³-hybridized carbons (Fsp3) is 0.333. The van der Waals surface area contributed by atoms with Gasteiger partial charge in [-0.2, -0.15) is 0 Å². The Kier molecular flexibility index (Phi) is 1.24. The van der Waals surface area contributed by atoms with Crippen LogP contribution in [0.3, 0.4) is 0 Å². The van der Waals surface area contributed by atoms with Crippen molar-refractivity contribution in [3.63, 3.8) is 0 Å². The van der Waals surface area contributed by atoms with E-state index in [1.807, 2.05) is 0 Å². The molecular formula is C9H11N. The number of benzene rings is 1. The van der Waals surface area contributed by atoms with Crippen LogP contribution in [0.1, 0.15) is 17.2 Å². The molecule has 2 rings (SSSR count). The molecule has 10 heavy (non-hydrogen) atoms. The number of nitrogens with one attached hydrogen (secondary N) is 1. The topological polar surface area (TPSA) is 21.9 Å². The summed E-state index contributed by atoms with van der Waals surface area (Å²) in [4.78, 5) is 0. The van der Waals surface area contributed by atoms with Crippen molar-refractivity contribution >= 4 is 0 Å². The molecule has 1 fully saturated rings. The Morgan fingerprint density at radius 3 is 2.40 bits per heavy atom. The van der Waals surface area contributed by atoms with E-state index in [2.05, 4.69) is 36.5 Å². The van der Waals surface area contributed by atoms with E-state index in [-0.39, 0.29) is 0 Å². The Hall–Kier alpha value is -0.820. The van der Waals surface area contributed by atoms with Crippen LogP contribution in [0.5, 0.6) is 0 Å². The van der Waals surface area contributed by atoms with Crippen molar-refractivity contribution in [2.45, 2.75) is 13.0 Å². The lowest BCUT2D eigenvalue weighted by Crippen LogP contribution is -1.82. The van der Waals surface area contributed by atoms with E-state index in [1.165, 1.54) is 11.1 Å². The highest BCUT2D eigenvalue weighted by Gasteiger charge is 2.21. The maximum Gasteiger partial charge on any atom is 0.0447 e. The van der Waals surface area contributed by atoms with Crippen molar-refractivity contribution in [2.75, 3.05) is 6.54 Å². The van der Waals surface area contributed by atoms with Crippen LogP contribution >= 0.6 is 0 Å². The molecule has 0 aliphatic carbocycles. The predicted octanol–water partition coefficient (Wildman–Crippen LogP) is 1.64. The van der Waals surface area contributed by atoms with Gasteiger partial charge in [0.1, 0.15) is 0 Å². The number of aryl methyl sites for hydroxylation is 1. The molecule has 52 valence electrons. The summed E-state index contributed by atoms with van der Waals surface area (Å²) in [5, 5.41) is 3.27. The molecule has 0 amide bonds. The maximum absolute atomic E-state index is 3.27. The average molecular weight is 133 g/mol. The van der Waals surface area contributed by atoms with Gasteiger partial charge in [-0.15, -0.1) is 0 Å². The van der Waals surface area contributed by atoms with Gasteiger partial charge in [0.05, 0.1) is 0 Å². The van der Waals surface area contributed by atoms with Gasteiger partial charge in [0.15, 0.2) is 0 Å². The third kappa shape index (κ3) is 1.05. The smallest absolute Gasteiger partial charge is 0.0447 e. The van der Waals surface area contributed by atoms with Crippen LogP contribution in [0.15, 0.2) is 24.3 Å². The fourth-order valence-electron chi connectivity index (χ4n) is 1.09. The highest BCUT2D eigenvalue weighted by atomic mass is 15.1. The molecule has 0 unspecified atom stereocenters. The summed E-state index contributed by atoms with van der Waals surface area (Å²) in [5.74, 6) is 0. The van der Waals surface area contributed by atoms with Crippen molar-refractivity contribution < 1.29 is 0 Å². The van der Waals surface area contributed by atoms with E-state index >= 15 is 0 Å². The standard InChI is InChI=1S/C9H11N/c1-7-2-4-8(5-3-7)9-6-10-9/h2-5,9-10H,6H2,1H3/t9-/m1/s1. The first-order valence-electron chi connectivity index (χ1n) is 3.66. The lowest BCUT2D eigenvalue weighted by Gasteiger charge is -1.95. The normalized spacial score (nSPS) is 22.7. The van der Waals surface area contributed by atoms with Crippen LogP contribution in [0, 0.1) is 6.92 Å². The first-order chi connectivity index (χ1) is 4.86. The summed E-state index contributed by atoms with van der Waals surface area (Å²) in [5.41, 5.74) is 2.76. The first kappa shape index (κ1) is 5.93. The summed E-state index contributed by atoms with van der Waals surface area (Å²) in [6.07, 6.45) is 0. The molecule has 1 atom stereocenters. The number of rotatable bonds is 1. The van der Waals surface area contributed by atoms with Crippen LogP contribution in [0.25, 0.3) is 0 Å². The van der Waals surface area contributed by atoms with Crippen LogP contribution in [-0.4, -0.2) is 6.54 Å². The molecule has 1 aliphatic heterocycles. The van der Waals surface area contributed by atoms with Gasteiger partial charge in [-0.3, -0.25) is 0 Å². The highest BCUT2D eigenvalue weighted by molar-refractivity contribution is 5.26. The minimum Gasteiger partial charge on any atom is -0.307 e. The molecule has 0 spiro atoms. The van der Waals surface area contributed by atoms with E-state index in [0.29, 0.717) is 6.04 Å². The van der Waals surface area contributed by atoms with E-state index in [9.17, 15) is 0 Å². The molecule has 1 aromatic carbocycles. The van der Waals surface area contributed by atoms with Crippen LogP contribution in [0.4, 0.5) is 0 Å². The Morgan fingerprint density at radius 1 is 1.30 bits per heavy atom. The van der Waals surface area contributed by atoms with Gasteiger partial charge < -0.3 is 5.32 Å². The summed E-state index contributed by atoms with van der Waals surface area (Å²) >= 11 is 0. The largest absolute Gasteiger partial charge is 0.307 e. The second-order valence-corrected chi connectivity index (χ2v) is 2.87. The van der Waals surface area contributed by atoms with E-state index in [4.69, 9.17) is 0 Å². The summed E-state index contributed by atoms with van der Waals surface area (Å²) in [7, 11) is 0. The number of hydrogen-bond donors (Lipinski definition) is 1. The zero-order chi connectivity index (χ0) is 6.97. The van der Waals surface area contributed by atoms with Crippen molar-refractivity contribution in [1.82, 2.24) is 5.32 Å². The molecule has 0 radical (unpaired) electrons. The second-order valence-electron chi connectivity index (χ2n) is 2.87. The highest BCUT2D eigenvalue weighted by Crippen LogP contribution is 2.20. The summed E-state index contributed by atoms with van der Waals surface area (Å²) < 4.78 is 0. The molecule has 1 heteroatoms. The van der Waals surface area contributed by atoms with Crippen LogP contribution < -0.4 is 5.32 Å². The van der Waals surface area contributed by atoms with E-state index < -0.39 is 0 Å². The Balaban J connectivity index is 2.28. The van der Waals surface area contributed by atoms with Crippen molar-refractivity contribution in [1.29, 1.82) is 0 Å². The molecular weight excluding hydrogens is 122 g/mol. The zero-order valence-electron chi connectivity index (χ0n) is 6.09. The molecule has 1 saturated heterocycles. The van der Waals surface area contributed by atoms with Gasteiger partial charge in [-0.1, -0.05) is 29.8 Å². The Morgan fingerprint density at radius 2 is 1.90 bits per heavy atom. The SMILES string of the molecule is Cc1ccc([C@H]2CN2)cc1. The molecule has 0 bridgehead atoms. The van der Waals surface area contributed by atoms with Crippen molar-refractivity contribution in [3.05, 3.63) is 35.4 Å². The van der Waals surface area contributed by atoms with Crippen LogP contribution in [-0.2, 0) is 0 Å². The summed E-state index contributed by atoms with van der Waals surface area (Å²) in [6, 6.07) is 9.37. The lowest BCUT2D eigenvalue weighted by atomic mass is 10.1.